The molecule has 2 aromatic rings. The molecular formula is C30H37F7O7S2. The highest BCUT2D eigenvalue weighted by Crippen LogP contribution is 2.46. The molecule has 0 spiro atoms. The van der Waals surface area contributed by atoms with Gasteiger partial charge >= 0.3 is 12.4 Å². The van der Waals surface area contributed by atoms with Crippen LogP contribution >= 0.6 is 24.6 Å². The summed E-state index contributed by atoms with van der Waals surface area (Å²) >= 11 is 1.28. The summed E-state index contributed by atoms with van der Waals surface area (Å²) in [7, 11) is 0. The molecule has 16 heteroatoms. The van der Waals surface area contributed by atoms with Crippen molar-refractivity contribution in [2.75, 3.05) is 26.4 Å². The van der Waals surface area contributed by atoms with Crippen LogP contribution in [0, 0.1) is 17.7 Å². The summed E-state index contributed by atoms with van der Waals surface area (Å²) < 4.78 is 123. The van der Waals surface area contributed by atoms with Crippen LogP contribution in [0.15, 0.2) is 42.5 Å². The van der Waals surface area contributed by atoms with Crippen molar-refractivity contribution in [3.05, 3.63) is 70.5 Å². The summed E-state index contributed by atoms with van der Waals surface area (Å²) in [6.07, 6.45) is -9.56. The minimum atomic E-state index is -5.00. The van der Waals surface area contributed by atoms with Crippen molar-refractivity contribution in [2.24, 2.45) is 11.8 Å². The van der Waals surface area contributed by atoms with Crippen molar-refractivity contribution in [2.45, 2.75) is 76.9 Å². The Hall–Kier alpha value is -1.63. The predicted molar refractivity (Wildman–Crippen MR) is 157 cm³/mol. The van der Waals surface area contributed by atoms with Gasteiger partial charge in [0, 0.05) is 5.92 Å². The fraction of sp³-hybridized carbons (Fsp3) is 0.600. The van der Waals surface area contributed by atoms with E-state index in [9.17, 15) is 30.7 Å². The molecule has 0 saturated heterocycles. The fourth-order valence-electron chi connectivity index (χ4n) is 5.18. The zero-order valence-electron chi connectivity index (χ0n) is 25.4. The molecule has 1 aliphatic rings. The molecular weight excluding hydrogens is 669 g/mol. The Morgan fingerprint density at radius 1 is 0.783 bits per heavy atom. The summed E-state index contributed by atoms with van der Waals surface area (Å²) in [5.41, 5.74) is -2.50. The van der Waals surface area contributed by atoms with E-state index in [0.717, 1.165) is 6.42 Å². The Balaban J connectivity index is 1.90. The van der Waals surface area contributed by atoms with E-state index in [1.54, 1.807) is 12.1 Å². The zero-order valence-corrected chi connectivity index (χ0v) is 27.0. The van der Waals surface area contributed by atoms with Crippen molar-refractivity contribution < 1.29 is 62.3 Å². The van der Waals surface area contributed by atoms with Crippen molar-refractivity contribution >= 4 is 24.6 Å². The minimum absolute atomic E-state index is 0.0596. The SMILES string of the molecule is CCCOOSOC[C@H]1CCC(O[C@@H](C)c2cc(C(F)(F)F)cc(C(F)(F)F)c2)[C@@H](c2ccc(F)cc2)[C@@H]1COSOOCCC. The molecule has 2 aromatic carbocycles. The number of hydrogen-bond donors (Lipinski definition) is 0. The van der Waals surface area contributed by atoms with Crippen LogP contribution in [0.3, 0.4) is 0 Å². The Labute approximate surface area is 272 Å². The van der Waals surface area contributed by atoms with Gasteiger partial charge < -0.3 is 4.74 Å². The number of halogens is 7. The molecule has 7 nitrogen and oxygen atoms in total. The largest absolute Gasteiger partial charge is 0.416 e. The maximum Gasteiger partial charge on any atom is 0.416 e. The topological polar surface area (TPSA) is 64.6 Å². The lowest BCUT2D eigenvalue weighted by atomic mass is 9.68. The minimum Gasteiger partial charge on any atom is -0.370 e. The van der Waals surface area contributed by atoms with Crippen LogP contribution in [-0.2, 0) is 43.9 Å². The molecule has 260 valence electrons. The van der Waals surface area contributed by atoms with Crippen LogP contribution in [0.2, 0.25) is 0 Å². The van der Waals surface area contributed by atoms with Crippen LogP contribution in [0.1, 0.15) is 80.7 Å². The van der Waals surface area contributed by atoms with Gasteiger partial charge in [-0.3, -0.25) is 8.37 Å². The Bertz CT molecular complexity index is 1140. The standard InChI is InChI=1S/C30H37F7O7S2/c1-4-12-38-43-45-40-17-21-8-11-27(42-19(3)22-14-23(29(32,33)34)16-24(15-22)30(35,36)37)28(20-6-9-25(31)10-7-20)26(21)18-41-46-44-39-13-5-2/h6-7,9-10,14-16,19,21,26-28H,4-5,8,11-13,17-18H2,1-3H3/t19-,21+,26+,27?,28-/m0/s1. The summed E-state index contributed by atoms with van der Waals surface area (Å²) in [4.78, 5) is 9.94. The van der Waals surface area contributed by atoms with E-state index in [1.165, 1.54) is 19.1 Å². The summed E-state index contributed by atoms with van der Waals surface area (Å²) in [5.74, 6) is -1.59. The summed E-state index contributed by atoms with van der Waals surface area (Å²) in [6.45, 7) is 6.15. The van der Waals surface area contributed by atoms with Gasteiger partial charge in [-0.05, 0) is 85.9 Å². The Morgan fingerprint density at radius 3 is 1.85 bits per heavy atom. The van der Waals surface area contributed by atoms with E-state index >= 15 is 0 Å². The summed E-state index contributed by atoms with van der Waals surface area (Å²) in [6, 6.07) is 7.06. The van der Waals surface area contributed by atoms with Gasteiger partial charge in [0.1, 0.15) is 5.82 Å². The molecule has 1 saturated carbocycles. The molecule has 1 fully saturated rings. The highest BCUT2D eigenvalue weighted by atomic mass is 32.2. The number of hydrogen-bond acceptors (Lipinski definition) is 9. The lowest BCUT2D eigenvalue weighted by Crippen LogP contribution is -2.41. The quantitative estimate of drug-likeness (QED) is 0.0496. The van der Waals surface area contributed by atoms with Crippen LogP contribution in [0.25, 0.3) is 0 Å². The molecule has 1 aliphatic carbocycles. The number of alkyl halides is 6. The second-order valence-electron chi connectivity index (χ2n) is 10.7. The van der Waals surface area contributed by atoms with Gasteiger partial charge in [0.2, 0.25) is 0 Å². The van der Waals surface area contributed by atoms with E-state index in [1.807, 2.05) is 13.8 Å². The monoisotopic (exact) mass is 706 g/mol. The molecule has 0 bridgehead atoms. The van der Waals surface area contributed by atoms with Crippen molar-refractivity contribution in [1.29, 1.82) is 0 Å². The molecule has 0 heterocycles. The first-order chi connectivity index (χ1) is 21.8. The number of ether oxygens (including phenoxy) is 1. The van der Waals surface area contributed by atoms with Crippen LogP contribution in [-0.4, -0.2) is 32.5 Å². The third-order valence-corrected chi connectivity index (χ3v) is 8.14. The van der Waals surface area contributed by atoms with Crippen LogP contribution < -0.4 is 0 Å². The highest BCUT2D eigenvalue weighted by Gasteiger charge is 2.43. The van der Waals surface area contributed by atoms with Crippen LogP contribution in [0.4, 0.5) is 30.7 Å². The second-order valence-corrected chi connectivity index (χ2v) is 11.7. The van der Waals surface area contributed by atoms with E-state index in [4.69, 9.17) is 31.5 Å². The molecule has 3 rings (SSSR count). The molecule has 46 heavy (non-hydrogen) atoms. The lowest BCUT2D eigenvalue weighted by Gasteiger charge is -2.43. The number of rotatable bonds is 18. The average molecular weight is 707 g/mol. The van der Waals surface area contributed by atoms with Crippen molar-refractivity contribution in [3.63, 3.8) is 0 Å². The van der Waals surface area contributed by atoms with Crippen molar-refractivity contribution in [3.8, 4) is 0 Å². The second kappa shape index (κ2) is 18.8. The Morgan fingerprint density at radius 2 is 1.33 bits per heavy atom. The van der Waals surface area contributed by atoms with Gasteiger partial charge in [-0.15, -0.1) is 8.67 Å². The van der Waals surface area contributed by atoms with Gasteiger partial charge in [0.25, 0.3) is 0 Å². The van der Waals surface area contributed by atoms with Gasteiger partial charge in [-0.1, -0.05) is 26.0 Å². The first kappa shape index (κ1) is 38.8. The normalized spacial score (nSPS) is 21.4. The molecule has 0 aromatic heterocycles. The van der Waals surface area contributed by atoms with E-state index in [-0.39, 0.29) is 36.7 Å². The molecule has 0 amide bonds. The maximum absolute atomic E-state index is 13.9. The first-order valence-electron chi connectivity index (χ1n) is 14.7. The van der Waals surface area contributed by atoms with E-state index in [0.29, 0.717) is 74.8 Å². The van der Waals surface area contributed by atoms with Gasteiger partial charge in [0.05, 0.1) is 49.8 Å². The Kier molecular flexibility index (Phi) is 15.9. The summed E-state index contributed by atoms with van der Waals surface area (Å²) in [5, 5.41) is 0. The van der Waals surface area contributed by atoms with Gasteiger partial charge in [0.15, 0.2) is 24.6 Å². The number of benzene rings is 2. The zero-order chi connectivity index (χ0) is 33.7. The molecule has 5 atom stereocenters. The third kappa shape index (κ3) is 12.1. The average Bonchev–Trinajstić information content (AvgIpc) is 3.00. The van der Waals surface area contributed by atoms with Gasteiger partial charge in [-0.2, -0.15) is 26.3 Å². The third-order valence-electron chi connectivity index (χ3n) is 7.37. The smallest absolute Gasteiger partial charge is 0.370 e. The lowest BCUT2D eigenvalue weighted by molar-refractivity contribution is -0.197. The van der Waals surface area contributed by atoms with E-state index in [2.05, 4.69) is 0 Å². The van der Waals surface area contributed by atoms with Crippen molar-refractivity contribution in [1.82, 2.24) is 0 Å². The molecule has 0 aliphatic heterocycles. The molecule has 1 unspecified atom stereocenters. The van der Waals surface area contributed by atoms with E-state index < -0.39 is 47.4 Å². The highest BCUT2D eigenvalue weighted by molar-refractivity contribution is 7.89. The van der Waals surface area contributed by atoms with Gasteiger partial charge in [-0.25, -0.2) is 14.2 Å². The fourth-order valence-corrected chi connectivity index (χ4v) is 5.91. The van der Waals surface area contributed by atoms with Crippen LogP contribution in [0.5, 0.6) is 0 Å². The predicted octanol–water partition coefficient (Wildman–Crippen LogP) is 10.00. The molecule has 0 radical (unpaired) electrons. The maximum atomic E-state index is 13.9. The first-order valence-corrected chi connectivity index (χ1v) is 16.0. The molecule has 0 N–H and O–H groups in total.